The molecule has 0 aliphatic carbocycles. The molecule has 0 radical (unpaired) electrons. The summed E-state index contributed by atoms with van der Waals surface area (Å²) >= 11 is 0. The predicted octanol–water partition coefficient (Wildman–Crippen LogP) is 3.08. The third-order valence-electron chi connectivity index (χ3n) is 4.18. The van der Waals surface area contributed by atoms with Crippen molar-refractivity contribution in [2.75, 3.05) is 18.0 Å². The van der Waals surface area contributed by atoms with Gasteiger partial charge in [-0.2, -0.15) is 5.26 Å². The minimum Gasteiger partial charge on any atom is -0.353 e. The lowest BCUT2D eigenvalue weighted by molar-refractivity contribution is 0.726. The standard InChI is InChI=1S/C17H21N5/c1-2-14-7-9-15(10-8-14)22-19-16(13-18)17(20-22)21-11-5-3-4-6-12-21/h7-10H,2-6,11-12H2,1H3. The first kappa shape index (κ1) is 14.6. The third kappa shape index (κ3) is 2.96. The van der Waals surface area contributed by atoms with Gasteiger partial charge in [-0.3, -0.25) is 0 Å². The van der Waals surface area contributed by atoms with Gasteiger partial charge in [-0.1, -0.05) is 31.9 Å². The molecule has 114 valence electrons. The van der Waals surface area contributed by atoms with Gasteiger partial charge in [-0.15, -0.1) is 15.0 Å². The van der Waals surface area contributed by atoms with E-state index in [0.717, 1.165) is 43.9 Å². The molecule has 3 rings (SSSR count). The lowest BCUT2D eigenvalue weighted by atomic mass is 10.2. The van der Waals surface area contributed by atoms with Crippen molar-refractivity contribution in [3.63, 3.8) is 0 Å². The molecule has 0 N–H and O–H groups in total. The van der Waals surface area contributed by atoms with Crippen molar-refractivity contribution in [3.05, 3.63) is 35.5 Å². The van der Waals surface area contributed by atoms with Crippen LogP contribution in [0.3, 0.4) is 0 Å². The molecule has 0 atom stereocenters. The van der Waals surface area contributed by atoms with Gasteiger partial charge in [0.2, 0.25) is 5.69 Å². The van der Waals surface area contributed by atoms with Gasteiger partial charge in [0.05, 0.1) is 5.69 Å². The molecule has 0 bridgehead atoms. The molecule has 1 fully saturated rings. The molecule has 1 saturated heterocycles. The highest BCUT2D eigenvalue weighted by Crippen LogP contribution is 2.21. The van der Waals surface area contributed by atoms with Gasteiger partial charge in [0.1, 0.15) is 6.07 Å². The van der Waals surface area contributed by atoms with Crippen LogP contribution >= 0.6 is 0 Å². The molecule has 1 aromatic heterocycles. The predicted molar refractivity (Wildman–Crippen MR) is 86.1 cm³/mol. The van der Waals surface area contributed by atoms with E-state index in [-0.39, 0.29) is 0 Å². The minimum atomic E-state index is 0.418. The molecular weight excluding hydrogens is 274 g/mol. The molecule has 1 aromatic carbocycles. The van der Waals surface area contributed by atoms with Crippen LogP contribution < -0.4 is 4.90 Å². The van der Waals surface area contributed by atoms with Crippen LogP contribution in [0.4, 0.5) is 5.82 Å². The number of aromatic nitrogens is 3. The van der Waals surface area contributed by atoms with Gasteiger partial charge in [0.25, 0.3) is 0 Å². The summed E-state index contributed by atoms with van der Waals surface area (Å²) in [5.41, 5.74) is 2.60. The van der Waals surface area contributed by atoms with E-state index in [2.05, 4.69) is 40.2 Å². The number of anilines is 1. The number of rotatable bonds is 3. The Morgan fingerprint density at radius 2 is 1.73 bits per heavy atom. The second kappa shape index (κ2) is 6.61. The van der Waals surface area contributed by atoms with E-state index < -0.39 is 0 Å². The van der Waals surface area contributed by atoms with Crippen molar-refractivity contribution in [2.24, 2.45) is 0 Å². The molecule has 0 spiro atoms. The average Bonchev–Trinajstić information content (AvgIpc) is 2.82. The number of hydrogen-bond acceptors (Lipinski definition) is 4. The number of aryl methyl sites for hydroxylation is 1. The summed E-state index contributed by atoms with van der Waals surface area (Å²) in [5.74, 6) is 0.726. The first-order valence-corrected chi connectivity index (χ1v) is 8.03. The SMILES string of the molecule is CCc1ccc(-n2nc(C#N)c(N3CCCCCC3)n2)cc1. The normalized spacial score (nSPS) is 15.4. The van der Waals surface area contributed by atoms with Crippen LogP contribution in [0.1, 0.15) is 43.9 Å². The zero-order valence-corrected chi connectivity index (χ0v) is 13.0. The topological polar surface area (TPSA) is 57.7 Å². The molecule has 2 heterocycles. The van der Waals surface area contributed by atoms with E-state index in [0.29, 0.717) is 5.69 Å². The second-order valence-electron chi connectivity index (χ2n) is 5.69. The van der Waals surface area contributed by atoms with Crippen LogP contribution in [0.5, 0.6) is 0 Å². The number of nitrogens with zero attached hydrogens (tertiary/aromatic N) is 5. The largest absolute Gasteiger partial charge is 0.353 e. The summed E-state index contributed by atoms with van der Waals surface area (Å²) in [6, 6.07) is 10.4. The van der Waals surface area contributed by atoms with Gasteiger partial charge in [0, 0.05) is 13.1 Å². The highest BCUT2D eigenvalue weighted by Gasteiger charge is 2.19. The Bertz CT molecular complexity index is 657. The maximum absolute atomic E-state index is 9.37. The third-order valence-corrected chi connectivity index (χ3v) is 4.18. The van der Waals surface area contributed by atoms with Crippen LogP contribution in [0.2, 0.25) is 0 Å². The van der Waals surface area contributed by atoms with Crippen LogP contribution in [-0.4, -0.2) is 28.1 Å². The Labute approximate surface area is 131 Å². The summed E-state index contributed by atoms with van der Waals surface area (Å²) in [4.78, 5) is 3.79. The molecule has 1 aliphatic rings. The number of nitriles is 1. The van der Waals surface area contributed by atoms with Crippen molar-refractivity contribution in [1.29, 1.82) is 5.26 Å². The number of benzene rings is 1. The Morgan fingerprint density at radius 1 is 1.05 bits per heavy atom. The van der Waals surface area contributed by atoms with Crippen molar-refractivity contribution < 1.29 is 0 Å². The van der Waals surface area contributed by atoms with Crippen LogP contribution in [0, 0.1) is 11.3 Å². The molecule has 2 aromatic rings. The van der Waals surface area contributed by atoms with Crippen molar-refractivity contribution in [2.45, 2.75) is 39.0 Å². The smallest absolute Gasteiger partial charge is 0.207 e. The summed E-state index contributed by atoms with van der Waals surface area (Å²) in [5, 5.41) is 18.3. The molecule has 5 nitrogen and oxygen atoms in total. The first-order chi connectivity index (χ1) is 10.8. The monoisotopic (exact) mass is 295 g/mol. The zero-order valence-electron chi connectivity index (χ0n) is 13.0. The van der Waals surface area contributed by atoms with Crippen molar-refractivity contribution >= 4 is 5.82 Å². The van der Waals surface area contributed by atoms with Gasteiger partial charge in [0.15, 0.2) is 5.82 Å². The van der Waals surface area contributed by atoms with Gasteiger partial charge in [-0.05, 0) is 37.0 Å². The molecule has 22 heavy (non-hydrogen) atoms. The van der Waals surface area contributed by atoms with Crippen molar-refractivity contribution in [1.82, 2.24) is 15.0 Å². The maximum atomic E-state index is 9.37. The molecule has 5 heteroatoms. The van der Waals surface area contributed by atoms with Crippen LogP contribution in [0.15, 0.2) is 24.3 Å². The maximum Gasteiger partial charge on any atom is 0.207 e. The summed E-state index contributed by atoms with van der Waals surface area (Å²) in [6.07, 6.45) is 5.83. The van der Waals surface area contributed by atoms with E-state index >= 15 is 0 Å². The van der Waals surface area contributed by atoms with E-state index in [1.165, 1.54) is 18.4 Å². The van der Waals surface area contributed by atoms with E-state index in [1.54, 1.807) is 4.80 Å². The average molecular weight is 295 g/mol. The number of hydrogen-bond donors (Lipinski definition) is 0. The highest BCUT2D eigenvalue weighted by molar-refractivity contribution is 5.50. The fourth-order valence-corrected chi connectivity index (χ4v) is 2.85. The fourth-order valence-electron chi connectivity index (χ4n) is 2.85. The molecule has 0 unspecified atom stereocenters. The fraction of sp³-hybridized carbons (Fsp3) is 0.471. The molecule has 0 saturated carbocycles. The second-order valence-corrected chi connectivity index (χ2v) is 5.69. The Morgan fingerprint density at radius 3 is 2.32 bits per heavy atom. The lowest BCUT2D eigenvalue weighted by Gasteiger charge is -2.18. The first-order valence-electron chi connectivity index (χ1n) is 8.03. The van der Waals surface area contributed by atoms with E-state index in [4.69, 9.17) is 0 Å². The Hall–Kier alpha value is -2.35. The molecular formula is C17H21N5. The van der Waals surface area contributed by atoms with E-state index in [9.17, 15) is 5.26 Å². The van der Waals surface area contributed by atoms with Crippen LogP contribution in [-0.2, 0) is 6.42 Å². The highest BCUT2D eigenvalue weighted by atomic mass is 15.5. The Balaban J connectivity index is 1.91. The quantitative estimate of drug-likeness (QED) is 0.873. The van der Waals surface area contributed by atoms with Gasteiger partial charge in [-0.25, -0.2) is 0 Å². The van der Waals surface area contributed by atoms with Crippen LogP contribution in [0.25, 0.3) is 5.69 Å². The summed E-state index contributed by atoms with van der Waals surface area (Å²) in [6.45, 7) is 4.05. The van der Waals surface area contributed by atoms with E-state index in [1.807, 2.05) is 12.1 Å². The minimum absolute atomic E-state index is 0.418. The molecule has 1 aliphatic heterocycles. The van der Waals surface area contributed by atoms with Gasteiger partial charge < -0.3 is 4.90 Å². The summed E-state index contributed by atoms with van der Waals surface area (Å²) < 4.78 is 0. The van der Waals surface area contributed by atoms with Crippen molar-refractivity contribution in [3.8, 4) is 11.8 Å². The zero-order chi connectivity index (χ0) is 15.4. The Kier molecular flexibility index (Phi) is 4.38. The molecule has 0 amide bonds. The lowest BCUT2D eigenvalue weighted by Crippen LogP contribution is -2.25. The van der Waals surface area contributed by atoms with Gasteiger partial charge >= 0.3 is 0 Å². The summed E-state index contributed by atoms with van der Waals surface area (Å²) in [7, 11) is 0.